The van der Waals surface area contributed by atoms with Crippen molar-refractivity contribution in [2.75, 3.05) is 13.1 Å². The number of rotatable bonds is 2. The molecule has 1 fully saturated rings. The molecule has 4 nitrogen and oxygen atoms in total. The fraction of sp³-hybridized carbons (Fsp3) is 0.467. The molecule has 1 aromatic carbocycles. The number of aliphatic carboxylic acids is 1. The molecule has 2 rings (SSSR count). The maximum absolute atomic E-state index is 13.1. The number of benzene rings is 1. The molecule has 0 radical (unpaired) electrons. The lowest BCUT2D eigenvalue weighted by Crippen LogP contribution is -2.47. The highest BCUT2D eigenvalue weighted by Gasteiger charge is 2.64. The fourth-order valence-electron chi connectivity index (χ4n) is 2.79. The Morgan fingerprint density at radius 3 is 2.14 bits per heavy atom. The van der Waals surface area contributed by atoms with E-state index in [1.165, 1.54) is 0 Å². The zero-order valence-corrected chi connectivity index (χ0v) is 12.2. The molecule has 1 amide bonds. The number of hydrogen-bond acceptors (Lipinski definition) is 2. The zero-order valence-electron chi connectivity index (χ0n) is 12.2. The number of amides is 1. The molecular formula is C15H16F3NO3. The van der Waals surface area contributed by atoms with Crippen molar-refractivity contribution in [3.05, 3.63) is 34.9 Å². The van der Waals surface area contributed by atoms with Crippen LogP contribution in [-0.2, 0) is 4.79 Å². The van der Waals surface area contributed by atoms with E-state index >= 15 is 0 Å². The normalized spacial score (nSPS) is 22.0. The van der Waals surface area contributed by atoms with Gasteiger partial charge >= 0.3 is 12.1 Å². The van der Waals surface area contributed by atoms with E-state index in [1.54, 1.807) is 26.0 Å². The third-order valence-electron chi connectivity index (χ3n) is 3.98. The number of carbonyl (C=O) groups is 2. The molecule has 1 aromatic rings. The van der Waals surface area contributed by atoms with Crippen LogP contribution in [0, 0.1) is 19.3 Å². The second-order valence-corrected chi connectivity index (χ2v) is 5.74. The largest absolute Gasteiger partial charge is 0.481 e. The minimum Gasteiger partial charge on any atom is -0.481 e. The SMILES string of the molecule is Cc1cc(C)cc(C(=O)N2CCC(C(=O)O)(C(F)(F)F)C2)c1. The number of carboxylic acid groups (broad SMARTS) is 1. The zero-order chi connectivity index (χ0) is 16.7. The van der Waals surface area contributed by atoms with Gasteiger partial charge in [0.15, 0.2) is 5.41 Å². The molecule has 1 aliphatic rings. The Bertz CT molecular complexity index is 607. The van der Waals surface area contributed by atoms with E-state index in [0.29, 0.717) is 0 Å². The Labute approximate surface area is 125 Å². The van der Waals surface area contributed by atoms with Gasteiger partial charge in [0.05, 0.1) is 0 Å². The highest BCUT2D eigenvalue weighted by atomic mass is 19.4. The maximum atomic E-state index is 13.1. The van der Waals surface area contributed by atoms with Crippen LogP contribution in [0.2, 0.25) is 0 Å². The van der Waals surface area contributed by atoms with Gasteiger partial charge in [0.1, 0.15) is 0 Å². The van der Waals surface area contributed by atoms with E-state index in [-0.39, 0.29) is 12.1 Å². The lowest BCUT2D eigenvalue weighted by Gasteiger charge is -2.27. The second kappa shape index (κ2) is 5.30. The van der Waals surface area contributed by atoms with Crippen molar-refractivity contribution in [1.29, 1.82) is 0 Å². The number of halogens is 3. The molecule has 7 heteroatoms. The predicted octanol–water partition coefficient (Wildman–Crippen LogP) is 2.78. The van der Waals surface area contributed by atoms with Crippen LogP contribution in [0.5, 0.6) is 0 Å². The Hall–Kier alpha value is -2.05. The average Bonchev–Trinajstić information content (AvgIpc) is 2.82. The summed E-state index contributed by atoms with van der Waals surface area (Å²) < 4.78 is 39.3. The molecular weight excluding hydrogens is 299 g/mol. The molecule has 0 saturated carbocycles. The number of likely N-dealkylation sites (tertiary alicyclic amines) is 1. The summed E-state index contributed by atoms with van der Waals surface area (Å²) in [6.45, 7) is 2.49. The lowest BCUT2D eigenvalue weighted by atomic mass is 9.86. The van der Waals surface area contributed by atoms with Gasteiger partial charge in [-0.15, -0.1) is 0 Å². The summed E-state index contributed by atoms with van der Waals surface area (Å²) in [5.41, 5.74) is -0.951. The Balaban J connectivity index is 2.29. The van der Waals surface area contributed by atoms with Crippen molar-refractivity contribution in [3.63, 3.8) is 0 Å². The Kier molecular flexibility index (Phi) is 3.93. The minimum absolute atomic E-state index is 0.225. The molecule has 1 atom stereocenters. The quantitative estimate of drug-likeness (QED) is 0.913. The van der Waals surface area contributed by atoms with E-state index in [4.69, 9.17) is 5.11 Å². The minimum atomic E-state index is -4.89. The number of aryl methyl sites for hydroxylation is 2. The van der Waals surface area contributed by atoms with Crippen LogP contribution in [0.15, 0.2) is 18.2 Å². The Morgan fingerprint density at radius 1 is 1.18 bits per heavy atom. The summed E-state index contributed by atoms with van der Waals surface area (Å²) in [6.07, 6.45) is -5.52. The van der Waals surface area contributed by atoms with Crippen molar-refractivity contribution < 1.29 is 27.9 Å². The number of alkyl halides is 3. The van der Waals surface area contributed by atoms with Gasteiger partial charge in [0, 0.05) is 18.7 Å². The smallest absolute Gasteiger partial charge is 0.406 e. The molecule has 1 N–H and O–H groups in total. The molecule has 0 bridgehead atoms. The number of hydrogen-bond donors (Lipinski definition) is 1. The summed E-state index contributed by atoms with van der Waals surface area (Å²) in [5, 5.41) is 9.00. The third-order valence-corrected chi connectivity index (χ3v) is 3.98. The van der Waals surface area contributed by atoms with Gasteiger partial charge in [0.2, 0.25) is 0 Å². The standard InChI is InChI=1S/C15H16F3NO3/c1-9-5-10(2)7-11(6-9)12(20)19-4-3-14(8-19,13(21)22)15(16,17)18/h5-7H,3-4,8H2,1-2H3,(H,21,22). The van der Waals surface area contributed by atoms with Gasteiger partial charge in [-0.25, -0.2) is 0 Å². The molecule has 22 heavy (non-hydrogen) atoms. The van der Waals surface area contributed by atoms with Crippen LogP contribution >= 0.6 is 0 Å². The summed E-state index contributed by atoms with van der Waals surface area (Å²) >= 11 is 0. The lowest BCUT2D eigenvalue weighted by molar-refractivity contribution is -0.227. The topological polar surface area (TPSA) is 57.6 Å². The fourth-order valence-corrected chi connectivity index (χ4v) is 2.79. The molecule has 1 heterocycles. The van der Waals surface area contributed by atoms with Gasteiger partial charge in [-0.1, -0.05) is 17.2 Å². The molecule has 0 aromatic heterocycles. The van der Waals surface area contributed by atoms with Crippen molar-refractivity contribution in [2.24, 2.45) is 5.41 Å². The van der Waals surface area contributed by atoms with Crippen LogP contribution in [0.25, 0.3) is 0 Å². The molecule has 1 unspecified atom stereocenters. The first-order valence-corrected chi connectivity index (χ1v) is 6.74. The second-order valence-electron chi connectivity index (χ2n) is 5.74. The van der Waals surface area contributed by atoms with Gasteiger partial charge in [-0.2, -0.15) is 13.2 Å². The maximum Gasteiger partial charge on any atom is 0.406 e. The molecule has 0 spiro atoms. The Morgan fingerprint density at radius 2 is 1.73 bits per heavy atom. The summed E-state index contributed by atoms with van der Waals surface area (Å²) in [4.78, 5) is 24.4. The van der Waals surface area contributed by atoms with E-state index in [0.717, 1.165) is 16.0 Å². The van der Waals surface area contributed by atoms with Gasteiger partial charge in [-0.05, 0) is 32.4 Å². The molecule has 120 valence electrons. The van der Waals surface area contributed by atoms with E-state index < -0.39 is 36.4 Å². The highest BCUT2D eigenvalue weighted by molar-refractivity contribution is 5.95. The van der Waals surface area contributed by atoms with Crippen LogP contribution in [0.1, 0.15) is 27.9 Å². The average molecular weight is 315 g/mol. The third kappa shape index (κ3) is 2.67. The van der Waals surface area contributed by atoms with Crippen molar-refractivity contribution in [1.82, 2.24) is 4.90 Å². The van der Waals surface area contributed by atoms with Crippen LogP contribution in [0.3, 0.4) is 0 Å². The first kappa shape index (κ1) is 16.3. The van der Waals surface area contributed by atoms with Crippen molar-refractivity contribution >= 4 is 11.9 Å². The number of carbonyl (C=O) groups excluding carboxylic acids is 1. The van der Waals surface area contributed by atoms with Crippen LogP contribution < -0.4 is 0 Å². The van der Waals surface area contributed by atoms with E-state index in [9.17, 15) is 22.8 Å². The number of nitrogens with zero attached hydrogens (tertiary/aromatic N) is 1. The highest BCUT2D eigenvalue weighted by Crippen LogP contribution is 2.46. The molecule has 0 aliphatic carbocycles. The van der Waals surface area contributed by atoms with Gasteiger partial charge < -0.3 is 10.0 Å². The van der Waals surface area contributed by atoms with E-state index in [1.807, 2.05) is 6.07 Å². The van der Waals surface area contributed by atoms with Crippen LogP contribution in [0.4, 0.5) is 13.2 Å². The van der Waals surface area contributed by atoms with Crippen molar-refractivity contribution in [2.45, 2.75) is 26.4 Å². The summed E-state index contributed by atoms with van der Waals surface area (Å²) in [5.74, 6) is -2.50. The van der Waals surface area contributed by atoms with Gasteiger partial charge in [0.25, 0.3) is 5.91 Å². The van der Waals surface area contributed by atoms with Gasteiger partial charge in [-0.3, -0.25) is 9.59 Å². The van der Waals surface area contributed by atoms with E-state index in [2.05, 4.69) is 0 Å². The predicted molar refractivity (Wildman–Crippen MR) is 72.6 cm³/mol. The summed E-state index contributed by atoms with van der Waals surface area (Å²) in [7, 11) is 0. The first-order valence-electron chi connectivity index (χ1n) is 6.74. The molecule has 1 aliphatic heterocycles. The monoisotopic (exact) mass is 315 g/mol. The molecule has 1 saturated heterocycles. The van der Waals surface area contributed by atoms with Crippen LogP contribution in [-0.4, -0.2) is 41.1 Å². The first-order chi connectivity index (χ1) is 10.1. The van der Waals surface area contributed by atoms with Crippen molar-refractivity contribution in [3.8, 4) is 0 Å². The number of carboxylic acids is 1. The summed E-state index contributed by atoms with van der Waals surface area (Å²) in [6, 6.07) is 5.02.